The van der Waals surface area contributed by atoms with Crippen molar-refractivity contribution in [3.05, 3.63) is 60.1 Å². The summed E-state index contributed by atoms with van der Waals surface area (Å²) in [5.41, 5.74) is 1.18. The number of fused-ring (bicyclic) bond motifs is 1. The highest BCUT2D eigenvalue weighted by molar-refractivity contribution is 5.81. The third kappa shape index (κ3) is 3.07. The molecule has 0 spiro atoms. The molecular formula is C18H20F2N2O. The molecule has 1 aliphatic rings. The van der Waals surface area contributed by atoms with Gasteiger partial charge in [-0.1, -0.05) is 30.4 Å². The number of rotatable bonds is 5. The molecular weight excluding hydrogens is 298 g/mol. The summed E-state index contributed by atoms with van der Waals surface area (Å²) in [6.07, 6.45) is 5.04. The van der Waals surface area contributed by atoms with Crippen molar-refractivity contribution in [2.45, 2.75) is 24.7 Å². The number of likely N-dealkylation sites (N-methyl/N-ethyl adjacent to an activating group) is 1. The first-order valence-corrected chi connectivity index (χ1v) is 7.71. The van der Waals surface area contributed by atoms with Crippen LogP contribution in [0.3, 0.4) is 0 Å². The van der Waals surface area contributed by atoms with E-state index in [-0.39, 0.29) is 12.2 Å². The Morgan fingerprint density at radius 1 is 1.39 bits per heavy atom. The predicted octanol–water partition coefficient (Wildman–Crippen LogP) is 3.13. The van der Waals surface area contributed by atoms with E-state index in [1.54, 1.807) is 30.0 Å². The van der Waals surface area contributed by atoms with Crippen molar-refractivity contribution >= 4 is 10.9 Å². The summed E-state index contributed by atoms with van der Waals surface area (Å²) < 4.78 is 29.8. The predicted molar refractivity (Wildman–Crippen MR) is 87.6 cm³/mol. The van der Waals surface area contributed by atoms with E-state index in [9.17, 15) is 13.9 Å². The maximum atomic E-state index is 14.3. The minimum Gasteiger partial charge on any atom is -0.389 e. The molecule has 0 amide bonds. The van der Waals surface area contributed by atoms with Gasteiger partial charge in [0.25, 0.3) is 0 Å². The molecule has 0 bridgehead atoms. The largest absolute Gasteiger partial charge is 0.389 e. The smallest absolute Gasteiger partial charge is 0.147 e. The molecule has 1 heterocycles. The lowest BCUT2D eigenvalue weighted by molar-refractivity contribution is 0.127. The van der Waals surface area contributed by atoms with Crippen LogP contribution in [0.5, 0.6) is 0 Å². The molecule has 1 aromatic carbocycles. The van der Waals surface area contributed by atoms with Gasteiger partial charge in [0.15, 0.2) is 0 Å². The van der Waals surface area contributed by atoms with Crippen LogP contribution in [0.2, 0.25) is 0 Å². The SMILES string of the molecule is CNCC(O)[C@H](C1=CC=CC(F)C1)n1ccc2cccc(F)c21. The van der Waals surface area contributed by atoms with E-state index in [2.05, 4.69) is 5.32 Å². The summed E-state index contributed by atoms with van der Waals surface area (Å²) in [6.45, 7) is 0.330. The summed E-state index contributed by atoms with van der Waals surface area (Å²) in [4.78, 5) is 0. The first-order chi connectivity index (χ1) is 11.1. The normalized spacial score (nSPS) is 20.5. The Hall–Kier alpha value is -1.98. The highest BCUT2D eigenvalue weighted by atomic mass is 19.1. The molecule has 2 unspecified atom stereocenters. The zero-order valence-electron chi connectivity index (χ0n) is 12.9. The molecule has 3 atom stereocenters. The minimum absolute atomic E-state index is 0.204. The maximum absolute atomic E-state index is 14.3. The van der Waals surface area contributed by atoms with Crippen LogP contribution in [-0.4, -0.2) is 35.5 Å². The summed E-state index contributed by atoms with van der Waals surface area (Å²) in [6, 6.07) is 6.17. The molecule has 2 aromatic rings. The van der Waals surface area contributed by atoms with Crippen molar-refractivity contribution < 1.29 is 13.9 Å². The molecule has 0 aliphatic heterocycles. The summed E-state index contributed by atoms with van der Waals surface area (Å²) in [5.74, 6) is -0.349. The molecule has 0 fully saturated rings. The van der Waals surface area contributed by atoms with E-state index in [1.165, 1.54) is 12.1 Å². The van der Waals surface area contributed by atoms with Gasteiger partial charge >= 0.3 is 0 Å². The minimum atomic E-state index is -1.08. The quantitative estimate of drug-likeness (QED) is 0.889. The molecule has 23 heavy (non-hydrogen) atoms. The van der Waals surface area contributed by atoms with Crippen LogP contribution in [0.25, 0.3) is 10.9 Å². The van der Waals surface area contributed by atoms with Crippen LogP contribution in [0.15, 0.2) is 54.3 Å². The topological polar surface area (TPSA) is 37.2 Å². The Morgan fingerprint density at radius 2 is 2.22 bits per heavy atom. The number of alkyl halides is 1. The van der Waals surface area contributed by atoms with Crippen molar-refractivity contribution in [3.63, 3.8) is 0 Å². The third-order valence-corrected chi connectivity index (χ3v) is 4.21. The van der Waals surface area contributed by atoms with Gasteiger partial charge in [-0.05, 0) is 24.8 Å². The average molecular weight is 318 g/mol. The van der Waals surface area contributed by atoms with Gasteiger partial charge in [-0.15, -0.1) is 0 Å². The molecule has 3 nitrogen and oxygen atoms in total. The molecule has 0 saturated carbocycles. The summed E-state index contributed by atoms with van der Waals surface area (Å²) in [7, 11) is 1.74. The lowest BCUT2D eigenvalue weighted by Gasteiger charge is -2.29. The van der Waals surface area contributed by atoms with Crippen LogP contribution < -0.4 is 5.32 Å². The van der Waals surface area contributed by atoms with Crippen molar-refractivity contribution in [1.82, 2.24) is 9.88 Å². The second-order valence-corrected chi connectivity index (χ2v) is 5.82. The van der Waals surface area contributed by atoms with Crippen LogP contribution in [0.4, 0.5) is 8.78 Å². The third-order valence-electron chi connectivity index (χ3n) is 4.21. The Labute approximate surface area is 133 Å². The zero-order valence-corrected chi connectivity index (χ0v) is 12.9. The number of benzene rings is 1. The molecule has 3 rings (SSSR count). The lowest BCUT2D eigenvalue weighted by atomic mass is 9.92. The number of nitrogens with one attached hydrogen (secondary N) is 1. The van der Waals surface area contributed by atoms with E-state index in [0.29, 0.717) is 12.1 Å². The highest BCUT2D eigenvalue weighted by Gasteiger charge is 2.28. The summed E-state index contributed by atoms with van der Waals surface area (Å²) >= 11 is 0. The van der Waals surface area contributed by atoms with E-state index in [1.807, 2.05) is 18.2 Å². The van der Waals surface area contributed by atoms with Gasteiger partial charge in [-0.2, -0.15) is 0 Å². The number of nitrogens with zero attached hydrogens (tertiary/aromatic N) is 1. The van der Waals surface area contributed by atoms with E-state index in [0.717, 1.165) is 11.0 Å². The number of halogens is 2. The lowest BCUT2D eigenvalue weighted by Crippen LogP contribution is -2.34. The van der Waals surface area contributed by atoms with E-state index >= 15 is 0 Å². The highest BCUT2D eigenvalue weighted by Crippen LogP contribution is 2.33. The molecule has 1 aromatic heterocycles. The Bertz CT molecular complexity index is 751. The van der Waals surface area contributed by atoms with Crippen molar-refractivity contribution in [3.8, 4) is 0 Å². The maximum Gasteiger partial charge on any atom is 0.147 e. The van der Waals surface area contributed by atoms with Crippen molar-refractivity contribution in [2.75, 3.05) is 13.6 Å². The standard InChI is InChI=1S/C18H20F2N2O/c1-21-11-16(23)18(13-5-2-6-14(19)10-13)22-9-8-12-4-3-7-15(20)17(12)22/h2-9,14,16,18,21,23H,10-11H2,1H3/t14?,16?,18-/m0/s1. The first-order valence-electron chi connectivity index (χ1n) is 7.71. The van der Waals surface area contributed by atoms with E-state index < -0.39 is 18.3 Å². The Balaban J connectivity index is 2.10. The molecule has 0 radical (unpaired) electrons. The van der Waals surface area contributed by atoms with Gasteiger partial charge < -0.3 is 15.0 Å². The summed E-state index contributed by atoms with van der Waals surface area (Å²) in [5, 5.41) is 14.3. The first kappa shape index (κ1) is 15.9. The molecule has 5 heteroatoms. The van der Waals surface area contributed by atoms with Gasteiger partial charge in [0.05, 0.1) is 17.7 Å². The van der Waals surface area contributed by atoms with Gasteiger partial charge in [-0.3, -0.25) is 0 Å². The Kier molecular flexibility index (Phi) is 4.59. The number of aliphatic hydroxyl groups excluding tert-OH is 1. The fraction of sp³-hybridized carbons (Fsp3) is 0.333. The fourth-order valence-corrected chi connectivity index (χ4v) is 3.22. The van der Waals surface area contributed by atoms with Crippen LogP contribution in [-0.2, 0) is 0 Å². The molecule has 1 aliphatic carbocycles. The van der Waals surface area contributed by atoms with E-state index in [4.69, 9.17) is 0 Å². The number of para-hydroxylation sites is 1. The number of hydrogen-bond acceptors (Lipinski definition) is 2. The second kappa shape index (κ2) is 6.64. The van der Waals surface area contributed by atoms with Gasteiger partial charge in [0, 0.05) is 24.5 Å². The number of aliphatic hydroxyl groups is 1. The number of aromatic nitrogens is 1. The molecule has 0 saturated heterocycles. The van der Waals surface area contributed by atoms with Crippen LogP contribution in [0.1, 0.15) is 12.5 Å². The van der Waals surface area contributed by atoms with Gasteiger partial charge in [-0.25, -0.2) is 8.78 Å². The Morgan fingerprint density at radius 3 is 2.96 bits per heavy atom. The second-order valence-electron chi connectivity index (χ2n) is 5.82. The van der Waals surface area contributed by atoms with Crippen LogP contribution in [0, 0.1) is 5.82 Å². The van der Waals surface area contributed by atoms with Crippen LogP contribution >= 0.6 is 0 Å². The number of allylic oxidation sites excluding steroid dienone is 3. The average Bonchev–Trinajstić information content (AvgIpc) is 2.93. The fourth-order valence-electron chi connectivity index (χ4n) is 3.22. The number of hydrogen-bond donors (Lipinski definition) is 2. The van der Waals surface area contributed by atoms with Crippen molar-refractivity contribution in [2.24, 2.45) is 0 Å². The molecule has 122 valence electrons. The zero-order chi connectivity index (χ0) is 16.4. The molecule has 2 N–H and O–H groups in total. The van der Waals surface area contributed by atoms with Gasteiger partial charge in [0.1, 0.15) is 12.0 Å². The van der Waals surface area contributed by atoms with Gasteiger partial charge in [0.2, 0.25) is 0 Å². The monoisotopic (exact) mass is 318 g/mol. The van der Waals surface area contributed by atoms with Crippen molar-refractivity contribution in [1.29, 1.82) is 0 Å².